The number of aromatic nitrogens is 2. The van der Waals surface area contributed by atoms with E-state index in [1.165, 1.54) is 44.1 Å². The van der Waals surface area contributed by atoms with Gasteiger partial charge in [0.15, 0.2) is 5.78 Å². The van der Waals surface area contributed by atoms with Crippen molar-refractivity contribution in [1.82, 2.24) is 9.97 Å². The van der Waals surface area contributed by atoms with Gasteiger partial charge in [-0.3, -0.25) is 4.79 Å². The molecular weight excluding hydrogens is 776 g/mol. The number of aliphatic hydroxyl groups is 1. The molecule has 0 aliphatic rings. The minimum atomic E-state index is -2.21. The monoisotopic (exact) mass is 818 g/mol. The van der Waals surface area contributed by atoms with Crippen molar-refractivity contribution in [3.05, 3.63) is 90.7 Å². The van der Waals surface area contributed by atoms with Gasteiger partial charge in [0.2, 0.25) is 0 Å². The fourth-order valence-corrected chi connectivity index (χ4v) is 7.98. The summed E-state index contributed by atoms with van der Waals surface area (Å²) in [7, 11) is 0. The maximum absolute atomic E-state index is 13.4. The number of carbonyl (C=O) groups is 1. The molecule has 43 heavy (non-hydrogen) atoms. The third kappa shape index (κ3) is 7.78. The molecule has 0 saturated carbocycles. The summed E-state index contributed by atoms with van der Waals surface area (Å²) >= 11 is -2.21. The van der Waals surface area contributed by atoms with E-state index in [0.717, 1.165) is 22.2 Å². The van der Waals surface area contributed by atoms with Gasteiger partial charge in [0.05, 0.1) is 0 Å². The zero-order valence-corrected chi connectivity index (χ0v) is 30.9. The van der Waals surface area contributed by atoms with Crippen LogP contribution in [0.4, 0.5) is 4.39 Å². The average molecular weight is 817 g/mol. The van der Waals surface area contributed by atoms with Crippen molar-refractivity contribution in [1.29, 1.82) is 0 Å². The number of halogens is 1. The molecule has 0 aliphatic carbocycles. The standard InChI is InChI=1S/C25H20FGeN2.C11H20O2.Ir/c1-27(2,3)22-14-17-6-4-5-7-19(17)20-12-13-21-24(16-8-10-18(26)11-9-16)28-15-29-25(21)23(20)22;1-10(2,3)8(12)7-9(13)11(4,5)6;/h4-8,10-15H,1-3H3;7,12H,1-6H3;/q-1;;/b;8-7-;. The Balaban J connectivity index is 0.000000310. The molecule has 0 saturated heterocycles. The van der Waals surface area contributed by atoms with E-state index >= 15 is 0 Å². The van der Waals surface area contributed by atoms with Crippen LogP contribution in [0, 0.1) is 22.7 Å². The van der Waals surface area contributed by atoms with Gasteiger partial charge in [-0.15, -0.1) is 0 Å². The van der Waals surface area contributed by atoms with E-state index in [4.69, 9.17) is 4.98 Å². The Labute approximate surface area is 270 Å². The van der Waals surface area contributed by atoms with Crippen LogP contribution >= 0.6 is 0 Å². The van der Waals surface area contributed by atoms with Gasteiger partial charge < -0.3 is 5.11 Å². The third-order valence-electron chi connectivity index (χ3n) is 7.24. The van der Waals surface area contributed by atoms with E-state index in [-0.39, 0.29) is 42.9 Å². The van der Waals surface area contributed by atoms with Crippen molar-refractivity contribution < 1.29 is 34.4 Å². The van der Waals surface area contributed by atoms with Gasteiger partial charge in [-0.25, -0.2) is 0 Å². The molecule has 227 valence electrons. The van der Waals surface area contributed by atoms with Crippen LogP contribution in [0.5, 0.6) is 0 Å². The van der Waals surface area contributed by atoms with Crippen LogP contribution in [0.1, 0.15) is 41.5 Å². The van der Waals surface area contributed by atoms with Gasteiger partial charge in [0, 0.05) is 37.0 Å². The first-order valence-corrected chi connectivity index (χ1v) is 21.6. The van der Waals surface area contributed by atoms with Gasteiger partial charge in [0.25, 0.3) is 0 Å². The second-order valence-electron chi connectivity index (χ2n) is 13.8. The molecular formula is C36H40FGeIrN2O2-. The van der Waals surface area contributed by atoms with Crippen LogP contribution in [0.2, 0.25) is 17.3 Å². The molecule has 4 aromatic carbocycles. The minimum Gasteiger partial charge on any atom is 0 e. The van der Waals surface area contributed by atoms with Crippen LogP contribution in [-0.2, 0) is 24.9 Å². The van der Waals surface area contributed by atoms with Crippen LogP contribution < -0.4 is 4.40 Å². The normalized spacial score (nSPS) is 12.6. The second kappa shape index (κ2) is 13.0. The molecule has 0 spiro atoms. The summed E-state index contributed by atoms with van der Waals surface area (Å²) in [6.45, 7) is 11.1. The van der Waals surface area contributed by atoms with Gasteiger partial charge in [-0.05, 0) is 0 Å². The van der Waals surface area contributed by atoms with Crippen molar-refractivity contribution >= 4 is 55.9 Å². The number of allylic oxidation sites excluding steroid dienone is 2. The van der Waals surface area contributed by atoms with Crippen molar-refractivity contribution in [3.8, 4) is 11.3 Å². The van der Waals surface area contributed by atoms with Crippen molar-refractivity contribution in [2.45, 2.75) is 58.8 Å². The molecule has 0 fully saturated rings. The Kier molecular flexibility index (Phi) is 10.4. The molecule has 0 atom stereocenters. The topological polar surface area (TPSA) is 63.1 Å². The van der Waals surface area contributed by atoms with E-state index in [2.05, 4.69) is 70.8 Å². The Morgan fingerprint density at radius 3 is 2.12 bits per heavy atom. The van der Waals surface area contributed by atoms with Gasteiger partial charge in [-0.1, -0.05) is 41.5 Å². The number of carbonyl (C=O) groups excluding carboxylic acids is 1. The molecule has 7 heteroatoms. The number of nitrogens with zero attached hydrogens (tertiary/aromatic N) is 2. The van der Waals surface area contributed by atoms with Gasteiger partial charge in [-0.2, -0.15) is 0 Å². The smallest absolute Gasteiger partial charge is 0 e. The van der Waals surface area contributed by atoms with Crippen molar-refractivity contribution in [2.75, 3.05) is 0 Å². The quantitative estimate of drug-likeness (QED) is 0.0649. The van der Waals surface area contributed by atoms with Crippen LogP contribution in [0.3, 0.4) is 0 Å². The van der Waals surface area contributed by atoms with Crippen molar-refractivity contribution in [2.24, 2.45) is 10.8 Å². The van der Waals surface area contributed by atoms with Gasteiger partial charge in [0.1, 0.15) is 5.76 Å². The summed E-state index contributed by atoms with van der Waals surface area (Å²) in [6.07, 6.45) is 2.95. The molecule has 1 aromatic heterocycles. The Morgan fingerprint density at radius 2 is 1.53 bits per heavy atom. The molecule has 0 bridgehead atoms. The number of aliphatic hydroxyl groups excluding tert-OH is 1. The zero-order valence-electron chi connectivity index (χ0n) is 26.4. The molecule has 5 rings (SSSR count). The van der Waals surface area contributed by atoms with E-state index in [1.54, 1.807) is 12.4 Å². The summed E-state index contributed by atoms with van der Waals surface area (Å²) in [5.74, 6) is 7.05. The Hall–Kier alpha value is -2.93. The molecule has 0 amide bonds. The maximum Gasteiger partial charge on any atom is 0 e. The molecule has 1 N–H and O–H groups in total. The number of rotatable bonds is 3. The summed E-state index contributed by atoms with van der Waals surface area (Å²) in [4.78, 5) is 20.7. The summed E-state index contributed by atoms with van der Waals surface area (Å²) < 4.78 is 14.8. The van der Waals surface area contributed by atoms with E-state index in [1.807, 2.05) is 41.5 Å². The van der Waals surface area contributed by atoms with Crippen LogP contribution in [0.25, 0.3) is 43.7 Å². The number of benzene rings is 4. The Morgan fingerprint density at radius 1 is 0.884 bits per heavy atom. The zero-order chi connectivity index (χ0) is 31.0. The molecule has 0 unspecified atom stereocenters. The number of hydrogen-bond acceptors (Lipinski definition) is 4. The van der Waals surface area contributed by atoms with E-state index in [0.29, 0.717) is 0 Å². The number of ketones is 1. The fourth-order valence-electron chi connectivity index (χ4n) is 4.64. The fraction of sp³-hybridized carbons (Fsp3) is 0.306. The van der Waals surface area contributed by atoms with Crippen molar-refractivity contribution in [3.63, 3.8) is 0 Å². The minimum absolute atomic E-state index is 0. The third-order valence-corrected chi connectivity index (χ3v) is 11.5. The SMILES string of the molecule is CC(C)(C)C(=O)/C=C(\O)C(C)(C)C.[CH3][Ge]([CH3])([CH3])[c]1cc2ccccc2c2ccc3c(-c4[c-]cc(F)cc4)ncnc3c12.[Ir]. The largest absolute Gasteiger partial charge is 0 e. The van der Waals surface area contributed by atoms with E-state index in [9.17, 15) is 14.3 Å². The van der Waals surface area contributed by atoms with Crippen LogP contribution in [-0.4, -0.2) is 34.1 Å². The summed E-state index contributed by atoms with van der Waals surface area (Å²) in [5, 5.41) is 15.5. The second-order valence-corrected chi connectivity index (χ2v) is 24.4. The Bertz CT molecular complexity index is 1810. The molecule has 0 aliphatic heterocycles. The van der Waals surface area contributed by atoms with Gasteiger partial charge >= 0.3 is 172 Å². The predicted octanol–water partition coefficient (Wildman–Crippen LogP) is 9.17. The first-order valence-electron chi connectivity index (χ1n) is 14.2. The van der Waals surface area contributed by atoms with E-state index < -0.39 is 18.7 Å². The molecule has 5 aromatic rings. The van der Waals surface area contributed by atoms with Crippen LogP contribution in [0.15, 0.2) is 78.8 Å². The first kappa shape index (κ1) is 34.6. The predicted molar refractivity (Wildman–Crippen MR) is 176 cm³/mol. The first-order chi connectivity index (χ1) is 19.5. The molecule has 1 heterocycles. The summed E-state index contributed by atoms with van der Waals surface area (Å²) in [5.41, 5.74) is 1.77. The number of fused-ring (bicyclic) bond motifs is 5. The molecule has 4 nitrogen and oxygen atoms in total. The summed E-state index contributed by atoms with van der Waals surface area (Å²) in [6, 6.07) is 22.7. The maximum atomic E-state index is 13.4. The average Bonchev–Trinajstić information content (AvgIpc) is 2.91. The number of hydrogen-bond donors (Lipinski definition) is 1. The molecule has 1 radical (unpaired) electrons.